The molecule has 1 aromatic rings. The molecule has 0 saturated heterocycles. The first kappa shape index (κ1) is 15.1. The van der Waals surface area contributed by atoms with E-state index in [1.165, 1.54) is 6.08 Å². The minimum Gasteiger partial charge on any atom is -0.496 e. The molecule has 112 valence electrons. The third-order valence-corrected chi connectivity index (χ3v) is 3.35. The zero-order chi connectivity index (χ0) is 15.6. The van der Waals surface area contributed by atoms with Crippen molar-refractivity contribution < 1.29 is 14.3 Å². The second-order valence-corrected chi connectivity index (χ2v) is 5.53. The second-order valence-electron chi connectivity index (χ2n) is 5.53. The van der Waals surface area contributed by atoms with E-state index in [0.29, 0.717) is 35.9 Å². The predicted octanol–water partition coefficient (Wildman–Crippen LogP) is 1.68. The van der Waals surface area contributed by atoms with Gasteiger partial charge in [0.2, 0.25) is 5.91 Å². The van der Waals surface area contributed by atoms with E-state index in [1.807, 2.05) is 13.8 Å². The van der Waals surface area contributed by atoms with Crippen LogP contribution >= 0.6 is 0 Å². The van der Waals surface area contributed by atoms with Gasteiger partial charge in [-0.1, -0.05) is 19.9 Å². The first-order chi connectivity index (χ1) is 9.93. The molecule has 0 aliphatic carbocycles. The normalized spacial score (nSPS) is 16.3. The van der Waals surface area contributed by atoms with E-state index < -0.39 is 5.91 Å². The lowest BCUT2D eigenvalue weighted by Crippen LogP contribution is -2.39. The molecule has 5 nitrogen and oxygen atoms in total. The van der Waals surface area contributed by atoms with Crippen LogP contribution in [0.4, 0.5) is 0 Å². The summed E-state index contributed by atoms with van der Waals surface area (Å²) in [7, 11) is 1.54. The van der Waals surface area contributed by atoms with Gasteiger partial charge in [0, 0.05) is 24.7 Å². The Bertz CT molecular complexity index is 606. The van der Waals surface area contributed by atoms with E-state index in [2.05, 4.69) is 0 Å². The number of benzene rings is 1. The predicted molar refractivity (Wildman–Crippen MR) is 80.9 cm³/mol. The number of methoxy groups -OCH3 is 1. The van der Waals surface area contributed by atoms with Crippen LogP contribution in [0.25, 0.3) is 5.57 Å². The van der Waals surface area contributed by atoms with Gasteiger partial charge in [0.15, 0.2) is 0 Å². The van der Waals surface area contributed by atoms with Gasteiger partial charge in [0.05, 0.1) is 12.7 Å². The van der Waals surface area contributed by atoms with Crippen LogP contribution in [-0.2, 0) is 4.79 Å². The Labute approximate surface area is 124 Å². The molecule has 0 aromatic heterocycles. The molecule has 0 atom stereocenters. The van der Waals surface area contributed by atoms with E-state index in [-0.39, 0.29) is 5.91 Å². The van der Waals surface area contributed by atoms with Crippen molar-refractivity contribution in [1.29, 1.82) is 0 Å². The maximum absolute atomic E-state index is 12.6. The highest BCUT2D eigenvalue weighted by atomic mass is 16.5. The molecule has 0 saturated carbocycles. The van der Waals surface area contributed by atoms with Crippen molar-refractivity contribution in [3.8, 4) is 5.75 Å². The van der Waals surface area contributed by atoms with Crippen molar-refractivity contribution in [3.63, 3.8) is 0 Å². The number of primary amides is 1. The molecule has 1 aromatic carbocycles. The van der Waals surface area contributed by atoms with E-state index in [1.54, 1.807) is 30.2 Å². The Kier molecular flexibility index (Phi) is 4.31. The molecular formula is C16H20N2O3. The highest BCUT2D eigenvalue weighted by Gasteiger charge is 2.30. The average molecular weight is 288 g/mol. The summed E-state index contributed by atoms with van der Waals surface area (Å²) in [6.07, 6.45) is 1.38. The number of nitrogens with two attached hydrogens (primary N) is 1. The molecule has 2 rings (SSSR count). The van der Waals surface area contributed by atoms with Gasteiger partial charge in [0.1, 0.15) is 5.75 Å². The fourth-order valence-electron chi connectivity index (χ4n) is 2.62. The van der Waals surface area contributed by atoms with Crippen LogP contribution in [0.3, 0.4) is 0 Å². The van der Waals surface area contributed by atoms with Crippen molar-refractivity contribution in [3.05, 3.63) is 35.4 Å². The van der Waals surface area contributed by atoms with Crippen molar-refractivity contribution in [1.82, 2.24) is 4.90 Å². The third-order valence-electron chi connectivity index (χ3n) is 3.35. The Morgan fingerprint density at radius 3 is 2.76 bits per heavy atom. The number of carbonyl (C=O) groups excluding carboxylic acids is 2. The SMILES string of the molecule is COc1cccc2c1/C(=C/C(N)=O)CN(CC(C)C)C2=O. The van der Waals surface area contributed by atoms with Gasteiger partial charge in [-0.15, -0.1) is 0 Å². The first-order valence-electron chi connectivity index (χ1n) is 6.90. The van der Waals surface area contributed by atoms with Crippen molar-refractivity contribution in [2.24, 2.45) is 11.7 Å². The monoisotopic (exact) mass is 288 g/mol. The third kappa shape index (κ3) is 3.07. The zero-order valence-corrected chi connectivity index (χ0v) is 12.6. The molecule has 1 aliphatic heterocycles. The van der Waals surface area contributed by atoms with E-state index in [0.717, 1.165) is 5.57 Å². The van der Waals surface area contributed by atoms with Crippen molar-refractivity contribution in [2.75, 3.05) is 20.2 Å². The Hall–Kier alpha value is -2.30. The highest BCUT2D eigenvalue weighted by molar-refractivity contribution is 6.07. The largest absolute Gasteiger partial charge is 0.496 e. The summed E-state index contributed by atoms with van der Waals surface area (Å²) in [5, 5.41) is 0. The van der Waals surface area contributed by atoms with Crippen LogP contribution in [0.15, 0.2) is 24.3 Å². The topological polar surface area (TPSA) is 72.6 Å². The molecule has 2 amide bonds. The molecule has 0 bridgehead atoms. The van der Waals surface area contributed by atoms with Gasteiger partial charge < -0.3 is 15.4 Å². The van der Waals surface area contributed by atoms with Crippen LogP contribution < -0.4 is 10.5 Å². The molecule has 0 fully saturated rings. The van der Waals surface area contributed by atoms with Crippen molar-refractivity contribution >= 4 is 17.4 Å². The summed E-state index contributed by atoms with van der Waals surface area (Å²) in [4.78, 5) is 25.6. The molecule has 0 radical (unpaired) electrons. The lowest BCUT2D eigenvalue weighted by molar-refractivity contribution is -0.113. The van der Waals surface area contributed by atoms with Gasteiger partial charge in [-0.3, -0.25) is 9.59 Å². The van der Waals surface area contributed by atoms with E-state index in [4.69, 9.17) is 10.5 Å². The number of amides is 2. The average Bonchev–Trinajstić information content (AvgIpc) is 2.42. The lowest BCUT2D eigenvalue weighted by Gasteiger charge is -2.32. The fraction of sp³-hybridized carbons (Fsp3) is 0.375. The molecule has 5 heteroatoms. The van der Waals surface area contributed by atoms with Gasteiger partial charge in [0.25, 0.3) is 5.91 Å². The quantitative estimate of drug-likeness (QED) is 0.857. The van der Waals surface area contributed by atoms with Crippen LogP contribution in [0.5, 0.6) is 5.75 Å². The summed E-state index contributed by atoms with van der Waals surface area (Å²) in [5.74, 6) is 0.355. The van der Waals surface area contributed by atoms with E-state index >= 15 is 0 Å². The standard InChI is InChI=1S/C16H20N2O3/c1-10(2)8-18-9-11(7-14(17)19)15-12(16(18)20)5-4-6-13(15)21-3/h4-7,10H,8-9H2,1-3H3,(H2,17,19)/b11-7+. The van der Waals surface area contributed by atoms with E-state index in [9.17, 15) is 9.59 Å². The van der Waals surface area contributed by atoms with Crippen molar-refractivity contribution in [2.45, 2.75) is 13.8 Å². The Balaban J connectivity index is 2.56. The zero-order valence-electron chi connectivity index (χ0n) is 12.6. The molecular weight excluding hydrogens is 268 g/mol. The molecule has 21 heavy (non-hydrogen) atoms. The smallest absolute Gasteiger partial charge is 0.254 e. The molecule has 0 unspecified atom stereocenters. The summed E-state index contributed by atoms with van der Waals surface area (Å²) in [6, 6.07) is 5.30. The lowest BCUT2D eigenvalue weighted by atomic mass is 9.92. The Morgan fingerprint density at radius 2 is 2.19 bits per heavy atom. The first-order valence-corrected chi connectivity index (χ1v) is 6.90. The fourth-order valence-corrected chi connectivity index (χ4v) is 2.62. The minimum atomic E-state index is -0.527. The second kappa shape index (κ2) is 5.99. The number of carbonyl (C=O) groups is 2. The number of nitrogens with zero attached hydrogens (tertiary/aromatic N) is 1. The maximum atomic E-state index is 12.6. The van der Waals surface area contributed by atoms with Crippen LogP contribution in [-0.4, -0.2) is 36.9 Å². The molecule has 2 N–H and O–H groups in total. The number of ether oxygens (including phenoxy) is 1. The minimum absolute atomic E-state index is 0.0424. The summed E-state index contributed by atoms with van der Waals surface area (Å²) < 4.78 is 5.33. The number of fused-ring (bicyclic) bond motifs is 1. The van der Waals surface area contributed by atoms with Crippen LogP contribution in [0.1, 0.15) is 29.8 Å². The maximum Gasteiger partial charge on any atom is 0.254 e. The molecule has 0 spiro atoms. The Morgan fingerprint density at radius 1 is 1.48 bits per heavy atom. The molecule has 1 aliphatic rings. The molecule has 1 heterocycles. The summed E-state index contributed by atoms with van der Waals surface area (Å²) >= 11 is 0. The number of hydrogen-bond donors (Lipinski definition) is 1. The summed E-state index contributed by atoms with van der Waals surface area (Å²) in [6.45, 7) is 5.09. The van der Waals surface area contributed by atoms with Gasteiger partial charge in [-0.05, 0) is 23.6 Å². The number of hydrogen-bond acceptors (Lipinski definition) is 3. The van der Waals surface area contributed by atoms with Gasteiger partial charge in [-0.25, -0.2) is 0 Å². The van der Waals surface area contributed by atoms with Gasteiger partial charge >= 0.3 is 0 Å². The highest BCUT2D eigenvalue weighted by Crippen LogP contribution is 2.34. The van der Waals surface area contributed by atoms with Gasteiger partial charge in [-0.2, -0.15) is 0 Å². The number of rotatable bonds is 4. The van der Waals surface area contributed by atoms with Crippen LogP contribution in [0.2, 0.25) is 0 Å². The summed E-state index contributed by atoms with van der Waals surface area (Å²) in [5.41, 5.74) is 7.23. The van der Waals surface area contributed by atoms with Crippen LogP contribution in [0, 0.1) is 5.92 Å².